The summed E-state index contributed by atoms with van der Waals surface area (Å²) in [5, 5.41) is 0. The van der Waals surface area contributed by atoms with Crippen LogP contribution >= 0.6 is 0 Å². The van der Waals surface area contributed by atoms with Gasteiger partial charge in [-0.05, 0) is 0 Å². The summed E-state index contributed by atoms with van der Waals surface area (Å²) in [6.07, 6.45) is 0. The van der Waals surface area contributed by atoms with Gasteiger partial charge in [0.15, 0.2) is 0 Å². The minimum absolute atomic E-state index is 0. The summed E-state index contributed by atoms with van der Waals surface area (Å²) in [5.41, 5.74) is 0. The maximum Gasteiger partial charge on any atom is 2.00 e. The molecule has 0 aromatic heterocycles. The molecule has 0 saturated heterocycles. The van der Waals surface area contributed by atoms with Crippen molar-refractivity contribution in [3.63, 3.8) is 0 Å². The van der Waals surface area contributed by atoms with Crippen molar-refractivity contribution in [3.8, 4) is 0 Å². The summed E-state index contributed by atoms with van der Waals surface area (Å²) in [5.74, 6) is 0. The van der Waals surface area contributed by atoms with Gasteiger partial charge in [0.1, 0.15) is 0 Å². The van der Waals surface area contributed by atoms with Crippen molar-refractivity contribution in [1.29, 1.82) is 0 Å². The molecule has 0 fully saturated rings. The number of rotatable bonds is 0. The Morgan fingerprint density at radius 1 is 0.667 bits per heavy atom. The summed E-state index contributed by atoms with van der Waals surface area (Å²) >= 11 is 0. The van der Waals surface area contributed by atoms with Crippen LogP contribution < -0.4 is 0 Å². The predicted octanol–water partition coefficient (Wildman–Crippen LogP) is -0.0147. The van der Waals surface area contributed by atoms with E-state index in [1.807, 2.05) is 0 Å². The summed E-state index contributed by atoms with van der Waals surface area (Å²) in [7, 11) is 0. The van der Waals surface area contributed by atoms with Crippen LogP contribution in [0.5, 0.6) is 0 Å². The molecule has 0 aliphatic heterocycles. The van der Waals surface area contributed by atoms with Crippen molar-refractivity contribution in [2.24, 2.45) is 0 Å². The Hall–Kier alpha value is 3.11. The molecule has 0 heterocycles. The Morgan fingerprint density at radius 3 is 0.667 bits per heavy atom. The second-order valence-corrected chi connectivity index (χ2v) is 0. The van der Waals surface area contributed by atoms with Gasteiger partial charge in [-0.3, -0.25) is 0 Å². The molecule has 0 unspecified atom stereocenters. The van der Waals surface area contributed by atoms with Gasteiger partial charge in [-0.25, -0.2) is 0 Å². The third-order valence-electron chi connectivity index (χ3n) is 0. The first-order chi connectivity index (χ1) is 0. The van der Waals surface area contributed by atoms with Crippen molar-refractivity contribution in [1.82, 2.24) is 0 Å². The number of hydrogen-bond donors (Lipinski definition) is 0. The molecule has 0 amide bonds. The average molecular weight is 329 g/mol. The van der Waals surface area contributed by atoms with Gasteiger partial charge in [-0.1, -0.05) is 0 Å². The molecule has 6 heavy (non-hydrogen) atoms. The van der Waals surface area contributed by atoms with Gasteiger partial charge in [-0.15, -0.1) is 0 Å². The summed E-state index contributed by atoms with van der Waals surface area (Å²) in [6, 6.07) is 0. The Morgan fingerprint density at radius 2 is 0.667 bits per heavy atom. The smallest absolute Gasteiger partial charge is 2.00 e. The topological polar surface area (TPSA) is 0 Å². The minimum Gasteiger partial charge on any atom is -2.00 e. The zero-order valence-corrected chi connectivity index (χ0v) is 13.7. The molecule has 0 aromatic rings. The molecule has 0 aliphatic carbocycles. The Labute approximate surface area is 103 Å². The Bertz CT molecular complexity index is 10.8. The quantitative estimate of drug-likeness (QED) is 0.549. The van der Waals surface area contributed by atoms with Gasteiger partial charge < -0.3 is 40.5 Å². The molecule has 1 radical (unpaired) electrons. The van der Waals surface area contributed by atoms with E-state index in [1.54, 1.807) is 0 Å². The van der Waals surface area contributed by atoms with Crippen LogP contribution in [-0.4, -0.2) is 0 Å². The molecule has 6 heteroatoms. The second-order valence-electron chi connectivity index (χ2n) is 0. The molecule has 0 saturated carbocycles. The van der Waals surface area contributed by atoms with Gasteiger partial charge in [0, 0.05) is 0 Å². The molecule has 0 atom stereocenters. The molecular formula is CdMnS3Zn. The van der Waals surface area contributed by atoms with E-state index in [0.717, 1.165) is 0 Å². The van der Waals surface area contributed by atoms with E-state index in [1.165, 1.54) is 0 Å². The summed E-state index contributed by atoms with van der Waals surface area (Å²) < 4.78 is 0. The average Bonchev–Trinajstić information content (AvgIpc) is 0. The first-order valence-electron chi connectivity index (χ1n) is 0. The van der Waals surface area contributed by atoms with Crippen LogP contribution in [0.25, 0.3) is 0 Å². The van der Waals surface area contributed by atoms with Crippen molar-refractivity contribution < 1.29 is 63.8 Å². The fourth-order valence-electron chi connectivity index (χ4n) is 0. The summed E-state index contributed by atoms with van der Waals surface area (Å²) in [6.45, 7) is 0. The van der Waals surface area contributed by atoms with Gasteiger partial charge >= 0.3 is 63.8 Å². The maximum atomic E-state index is 0. The molecule has 0 aliphatic rings. The van der Waals surface area contributed by atoms with E-state index < -0.39 is 0 Å². The van der Waals surface area contributed by atoms with Gasteiger partial charge in [0.2, 0.25) is 0 Å². The minimum atomic E-state index is 0. The van der Waals surface area contributed by atoms with Gasteiger partial charge in [-0.2, -0.15) is 0 Å². The Kier molecular flexibility index (Phi) is 437. The fraction of sp³-hybridized carbons (Fsp3) is 0. The molecule has 0 N–H and O–H groups in total. The molecular weight excluding hydrogens is 329 g/mol. The zero-order chi connectivity index (χ0) is 0. The first-order valence-corrected chi connectivity index (χ1v) is 0. The van der Waals surface area contributed by atoms with E-state index in [4.69, 9.17) is 0 Å². The molecule has 0 nitrogen and oxygen atoms in total. The molecule has 0 aromatic carbocycles. The van der Waals surface area contributed by atoms with Crippen LogP contribution in [0.2, 0.25) is 0 Å². The largest absolute Gasteiger partial charge is 2.00 e. The first kappa shape index (κ1) is 61.9. The SMILES string of the molecule is [Cd+2].[Mn+2].[S-2].[S-2].[S-2].[Zn+2]. The zero-order valence-electron chi connectivity index (χ0n) is 3.02. The van der Waals surface area contributed by atoms with Crippen molar-refractivity contribution in [2.45, 2.75) is 0 Å². The number of hydrogen-bond acceptors (Lipinski definition) is 0. The summed E-state index contributed by atoms with van der Waals surface area (Å²) in [4.78, 5) is 0. The van der Waals surface area contributed by atoms with Crippen LogP contribution in [0.3, 0.4) is 0 Å². The third kappa shape index (κ3) is 27.4. The van der Waals surface area contributed by atoms with Crippen LogP contribution in [0, 0.1) is 0 Å². The van der Waals surface area contributed by atoms with Crippen LogP contribution in [0.4, 0.5) is 0 Å². The van der Waals surface area contributed by atoms with Crippen molar-refractivity contribution in [3.05, 3.63) is 0 Å². The van der Waals surface area contributed by atoms with Crippen molar-refractivity contribution >= 4 is 40.5 Å². The maximum absolute atomic E-state index is 0. The Balaban J connectivity index is 0. The normalized spacial score (nSPS) is 0. The van der Waals surface area contributed by atoms with E-state index in [2.05, 4.69) is 0 Å². The van der Waals surface area contributed by atoms with E-state index >= 15 is 0 Å². The monoisotopic (exact) mass is 329 g/mol. The molecule has 0 bridgehead atoms. The third-order valence-corrected chi connectivity index (χ3v) is 0. The van der Waals surface area contributed by atoms with Crippen LogP contribution in [0.15, 0.2) is 0 Å². The molecule has 29 valence electrons. The predicted molar refractivity (Wildman–Crippen MR) is 22.1 cm³/mol. The molecule has 0 spiro atoms. The van der Waals surface area contributed by atoms with E-state index in [0.29, 0.717) is 0 Å². The van der Waals surface area contributed by atoms with Crippen LogP contribution in [-0.2, 0) is 104 Å². The van der Waals surface area contributed by atoms with Gasteiger partial charge in [0.25, 0.3) is 0 Å². The standard InChI is InChI=1S/Cd.Mn.3S.Zn/q2*+2;3*-2;+2. The fourth-order valence-corrected chi connectivity index (χ4v) is 0. The van der Waals surface area contributed by atoms with Gasteiger partial charge in [0.05, 0.1) is 0 Å². The second kappa shape index (κ2) is 42.3. The van der Waals surface area contributed by atoms with E-state index in [-0.39, 0.29) is 104 Å². The van der Waals surface area contributed by atoms with Crippen LogP contribution in [0.1, 0.15) is 0 Å². The molecule has 0 rings (SSSR count). The van der Waals surface area contributed by atoms with E-state index in [9.17, 15) is 0 Å². The van der Waals surface area contributed by atoms with Crippen molar-refractivity contribution in [2.75, 3.05) is 0 Å².